The summed E-state index contributed by atoms with van der Waals surface area (Å²) in [5, 5.41) is 9.05. The number of carboxylic acid groups (broad SMARTS) is 1. The molecule has 0 saturated carbocycles. The molecule has 0 unspecified atom stereocenters. The minimum Gasteiger partial charge on any atom is -0.497 e. The van der Waals surface area contributed by atoms with E-state index in [1.54, 1.807) is 7.11 Å². The lowest BCUT2D eigenvalue weighted by molar-refractivity contribution is -0.137. The Hall–Kier alpha value is -2.07. The number of carbonyl (C=O) groups excluding carboxylic acids is 1. The largest absolute Gasteiger partial charge is 0.497 e. The van der Waals surface area contributed by atoms with Crippen molar-refractivity contribution in [1.29, 1.82) is 0 Å². The highest BCUT2D eigenvalue weighted by molar-refractivity contribution is 8.15. The molecule has 0 radical (unpaired) electrons. The third-order valence-electron chi connectivity index (χ3n) is 4.66. The van der Waals surface area contributed by atoms with E-state index in [0.717, 1.165) is 5.56 Å². The smallest absolute Gasteiger partial charge is 0.303 e. The van der Waals surface area contributed by atoms with Crippen molar-refractivity contribution in [1.82, 2.24) is 4.90 Å². The first-order valence-electron chi connectivity index (χ1n) is 8.87. The van der Waals surface area contributed by atoms with Gasteiger partial charge in [0.15, 0.2) is 15.0 Å². The molecule has 152 valence electrons. The third-order valence-corrected chi connectivity index (χ3v) is 7.91. The molecule has 1 aromatic carbocycles. The van der Waals surface area contributed by atoms with E-state index in [4.69, 9.17) is 9.84 Å². The molecule has 2 atom stereocenters. The summed E-state index contributed by atoms with van der Waals surface area (Å²) in [7, 11) is -1.54. The Balaban J connectivity index is 1.79. The number of amides is 1. The number of hydrogen-bond acceptors (Lipinski definition) is 6. The molecular formula is C18H22N2O6S2. The van der Waals surface area contributed by atoms with Crippen molar-refractivity contribution in [3.8, 4) is 5.75 Å². The normalized spacial score (nSPS) is 24.3. The topological polar surface area (TPSA) is 113 Å². The quantitative estimate of drug-likeness (QED) is 0.699. The Morgan fingerprint density at radius 2 is 2.11 bits per heavy atom. The summed E-state index contributed by atoms with van der Waals surface area (Å²) in [5.41, 5.74) is 0.927. The molecule has 0 spiro atoms. The van der Waals surface area contributed by atoms with Gasteiger partial charge in [0.05, 0.1) is 24.7 Å². The molecule has 2 heterocycles. The fourth-order valence-corrected chi connectivity index (χ4v) is 7.31. The van der Waals surface area contributed by atoms with Crippen LogP contribution in [0.1, 0.15) is 24.8 Å². The van der Waals surface area contributed by atoms with Crippen LogP contribution in [-0.2, 0) is 26.0 Å². The molecule has 2 aliphatic rings. The molecule has 2 aliphatic heterocycles. The van der Waals surface area contributed by atoms with Crippen molar-refractivity contribution >= 4 is 38.6 Å². The summed E-state index contributed by atoms with van der Waals surface area (Å²) in [6.45, 7) is 0.419. The highest BCUT2D eigenvalue weighted by Crippen LogP contribution is 2.39. The maximum absolute atomic E-state index is 12.2. The van der Waals surface area contributed by atoms with Gasteiger partial charge in [0.2, 0.25) is 5.91 Å². The van der Waals surface area contributed by atoms with E-state index >= 15 is 0 Å². The summed E-state index contributed by atoms with van der Waals surface area (Å²) in [4.78, 5) is 28.8. The van der Waals surface area contributed by atoms with Crippen molar-refractivity contribution in [3.63, 3.8) is 0 Å². The predicted molar refractivity (Wildman–Crippen MR) is 106 cm³/mol. The van der Waals surface area contributed by atoms with E-state index in [1.165, 1.54) is 11.8 Å². The fraction of sp³-hybridized carbons (Fsp3) is 0.500. The van der Waals surface area contributed by atoms with Crippen LogP contribution >= 0.6 is 11.8 Å². The number of rotatable bonds is 7. The average molecular weight is 427 g/mol. The second-order valence-corrected chi connectivity index (χ2v) is 10.2. The molecule has 10 heteroatoms. The van der Waals surface area contributed by atoms with Gasteiger partial charge in [-0.25, -0.2) is 8.42 Å². The lowest BCUT2D eigenvalue weighted by Gasteiger charge is -2.24. The number of carboxylic acids is 1. The van der Waals surface area contributed by atoms with Crippen LogP contribution in [-0.4, -0.2) is 65.4 Å². The molecule has 0 aromatic heterocycles. The first-order chi connectivity index (χ1) is 13.3. The van der Waals surface area contributed by atoms with E-state index in [1.807, 2.05) is 29.2 Å². The summed E-state index contributed by atoms with van der Waals surface area (Å²) in [6, 6.07) is 7.23. The van der Waals surface area contributed by atoms with Gasteiger partial charge in [0.25, 0.3) is 0 Å². The number of ether oxygens (including phenoxy) is 1. The second-order valence-electron chi connectivity index (χ2n) is 6.82. The van der Waals surface area contributed by atoms with Crippen molar-refractivity contribution in [2.75, 3.05) is 18.6 Å². The second kappa shape index (κ2) is 8.52. The zero-order valence-corrected chi connectivity index (χ0v) is 17.0. The van der Waals surface area contributed by atoms with Crippen LogP contribution < -0.4 is 4.74 Å². The number of nitrogens with zero attached hydrogens (tertiary/aromatic N) is 2. The van der Waals surface area contributed by atoms with Gasteiger partial charge in [-0.3, -0.25) is 9.59 Å². The van der Waals surface area contributed by atoms with E-state index < -0.39 is 15.8 Å². The van der Waals surface area contributed by atoms with E-state index in [9.17, 15) is 18.0 Å². The van der Waals surface area contributed by atoms with E-state index in [2.05, 4.69) is 4.99 Å². The zero-order valence-electron chi connectivity index (χ0n) is 15.4. The molecule has 2 fully saturated rings. The molecule has 28 heavy (non-hydrogen) atoms. The van der Waals surface area contributed by atoms with Crippen LogP contribution in [0.4, 0.5) is 0 Å². The van der Waals surface area contributed by atoms with Crippen LogP contribution in [0, 0.1) is 0 Å². The van der Waals surface area contributed by atoms with Crippen LogP contribution in [0.25, 0.3) is 0 Å². The van der Waals surface area contributed by atoms with Gasteiger partial charge in [-0.15, -0.1) is 0 Å². The maximum atomic E-state index is 12.2. The third kappa shape index (κ3) is 5.05. The number of hydrogen-bond donors (Lipinski definition) is 1. The summed E-state index contributed by atoms with van der Waals surface area (Å²) in [6.07, 6.45) is 0.199. The number of thioether (sulfide) groups is 1. The molecule has 8 nitrogen and oxygen atoms in total. The Morgan fingerprint density at radius 3 is 2.82 bits per heavy atom. The van der Waals surface area contributed by atoms with Gasteiger partial charge in [0, 0.05) is 24.6 Å². The van der Waals surface area contributed by atoms with Crippen LogP contribution in [0.15, 0.2) is 29.3 Å². The predicted octanol–water partition coefficient (Wildman–Crippen LogP) is 1.55. The molecular weight excluding hydrogens is 404 g/mol. The molecule has 0 aliphatic carbocycles. The van der Waals surface area contributed by atoms with E-state index in [-0.39, 0.29) is 48.0 Å². The Labute approximate surface area is 167 Å². The molecule has 3 rings (SSSR count). The maximum Gasteiger partial charge on any atom is 0.303 e. The molecule has 1 N–H and O–H groups in total. The number of methoxy groups -OCH3 is 1. The first kappa shape index (κ1) is 20.7. The van der Waals surface area contributed by atoms with Crippen molar-refractivity contribution < 1.29 is 27.9 Å². The first-order valence-corrected chi connectivity index (χ1v) is 11.6. The Bertz CT molecular complexity index is 899. The van der Waals surface area contributed by atoms with Gasteiger partial charge >= 0.3 is 5.97 Å². The standard InChI is InChI=1S/C18H22N2O6S2/c1-26-13-5-2-4-12(8-13)9-20-14-10-28(24,25)11-15(14)27-18(20)19-16(21)6-3-7-17(22)23/h2,4-5,8,14-15H,3,6-7,9-11H2,1H3,(H,22,23)/t14-,15+/m0/s1. The zero-order chi connectivity index (χ0) is 20.3. The molecule has 2 saturated heterocycles. The van der Waals surface area contributed by atoms with Crippen molar-refractivity contribution in [2.24, 2.45) is 4.99 Å². The Morgan fingerprint density at radius 1 is 1.32 bits per heavy atom. The number of carbonyl (C=O) groups is 2. The number of benzene rings is 1. The minimum atomic E-state index is -3.11. The Kier molecular flexibility index (Phi) is 6.29. The summed E-state index contributed by atoms with van der Waals surface area (Å²) < 4.78 is 29.4. The van der Waals surface area contributed by atoms with Crippen LogP contribution in [0.5, 0.6) is 5.75 Å². The number of aliphatic carboxylic acids is 1. The monoisotopic (exact) mass is 426 g/mol. The highest BCUT2D eigenvalue weighted by Gasteiger charge is 2.48. The highest BCUT2D eigenvalue weighted by atomic mass is 32.2. The number of fused-ring (bicyclic) bond motifs is 1. The minimum absolute atomic E-state index is 0.0425. The van der Waals surface area contributed by atoms with Gasteiger partial charge < -0.3 is 14.7 Å². The lowest BCUT2D eigenvalue weighted by atomic mass is 10.1. The number of sulfone groups is 1. The molecule has 1 amide bonds. The number of amidine groups is 1. The summed E-state index contributed by atoms with van der Waals surface area (Å²) in [5.74, 6) is -0.523. The molecule has 1 aromatic rings. The number of aliphatic imine (C=N–C) groups is 1. The SMILES string of the molecule is COc1cccc(CN2C(=NC(=O)CCCC(=O)O)S[C@@H]3CS(=O)(=O)C[C@@H]32)c1. The lowest BCUT2D eigenvalue weighted by Crippen LogP contribution is -2.37. The van der Waals surface area contributed by atoms with E-state index in [0.29, 0.717) is 17.5 Å². The molecule has 0 bridgehead atoms. The van der Waals surface area contributed by atoms with Gasteiger partial charge in [-0.05, 0) is 24.1 Å². The van der Waals surface area contributed by atoms with Crippen molar-refractivity contribution in [3.05, 3.63) is 29.8 Å². The van der Waals surface area contributed by atoms with Gasteiger partial charge in [-0.2, -0.15) is 4.99 Å². The van der Waals surface area contributed by atoms with Crippen molar-refractivity contribution in [2.45, 2.75) is 37.1 Å². The van der Waals surface area contributed by atoms with Gasteiger partial charge in [-0.1, -0.05) is 23.9 Å². The van der Waals surface area contributed by atoms with Crippen LogP contribution in [0.3, 0.4) is 0 Å². The summed E-state index contributed by atoms with van der Waals surface area (Å²) >= 11 is 1.32. The van der Waals surface area contributed by atoms with Gasteiger partial charge in [0.1, 0.15) is 5.75 Å². The van der Waals surface area contributed by atoms with Crippen LogP contribution in [0.2, 0.25) is 0 Å². The fourth-order valence-electron chi connectivity index (χ4n) is 3.34. The average Bonchev–Trinajstić information content (AvgIpc) is 3.07.